The number of carbonyl (C=O) groups is 2. The molecule has 0 N–H and O–H groups in total. The molecular formula is C17H25N3O3. The van der Waals surface area contributed by atoms with Crippen molar-refractivity contribution >= 4 is 11.9 Å². The molecule has 0 aliphatic carbocycles. The Balaban J connectivity index is 1.84. The lowest BCUT2D eigenvalue weighted by molar-refractivity contribution is -0.134. The number of ether oxygens (including phenoxy) is 1. The maximum atomic E-state index is 12.3. The van der Waals surface area contributed by atoms with E-state index >= 15 is 0 Å². The number of rotatable bonds is 3. The summed E-state index contributed by atoms with van der Waals surface area (Å²) in [6, 6.07) is 5.81. The van der Waals surface area contributed by atoms with E-state index in [4.69, 9.17) is 4.74 Å². The molecule has 3 amide bonds. The van der Waals surface area contributed by atoms with Crippen molar-refractivity contribution in [3.8, 4) is 5.75 Å². The van der Waals surface area contributed by atoms with Crippen molar-refractivity contribution in [3.63, 3.8) is 0 Å². The topological polar surface area (TPSA) is 53.1 Å². The van der Waals surface area contributed by atoms with Crippen molar-refractivity contribution in [2.24, 2.45) is 0 Å². The molecular weight excluding hydrogens is 294 g/mol. The SMILES string of the molecule is Cc1cccc(OCC(=O)N2CCN(C(=O)N(C)C)CC2)c1C. The van der Waals surface area contributed by atoms with Crippen molar-refractivity contribution in [1.29, 1.82) is 0 Å². The van der Waals surface area contributed by atoms with Gasteiger partial charge in [0.1, 0.15) is 5.75 Å². The Labute approximate surface area is 137 Å². The molecule has 0 aromatic heterocycles. The van der Waals surface area contributed by atoms with Crippen LogP contribution in [0.15, 0.2) is 18.2 Å². The van der Waals surface area contributed by atoms with Crippen LogP contribution >= 0.6 is 0 Å². The lowest BCUT2D eigenvalue weighted by Crippen LogP contribution is -2.53. The van der Waals surface area contributed by atoms with Gasteiger partial charge >= 0.3 is 6.03 Å². The zero-order valence-corrected chi connectivity index (χ0v) is 14.3. The quantitative estimate of drug-likeness (QED) is 0.848. The summed E-state index contributed by atoms with van der Waals surface area (Å²) in [6.07, 6.45) is 0. The molecule has 0 atom stereocenters. The number of hydrogen-bond acceptors (Lipinski definition) is 3. The van der Waals surface area contributed by atoms with Crippen molar-refractivity contribution in [3.05, 3.63) is 29.3 Å². The van der Waals surface area contributed by atoms with E-state index in [1.807, 2.05) is 32.0 Å². The van der Waals surface area contributed by atoms with Gasteiger partial charge in [0.25, 0.3) is 5.91 Å². The van der Waals surface area contributed by atoms with Crippen LogP contribution in [0, 0.1) is 13.8 Å². The maximum absolute atomic E-state index is 12.3. The zero-order valence-electron chi connectivity index (χ0n) is 14.3. The van der Waals surface area contributed by atoms with E-state index in [0.717, 1.165) is 16.9 Å². The Bertz CT molecular complexity index is 578. The summed E-state index contributed by atoms with van der Waals surface area (Å²) < 4.78 is 5.67. The van der Waals surface area contributed by atoms with Crippen molar-refractivity contribution in [2.75, 3.05) is 46.9 Å². The van der Waals surface area contributed by atoms with Crippen molar-refractivity contribution in [1.82, 2.24) is 14.7 Å². The highest BCUT2D eigenvalue weighted by atomic mass is 16.5. The first-order chi connectivity index (χ1) is 10.9. The third-order valence-corrected chi connectivity index (χ3v) is 4.19. The van der Waals surface area contributed by atoms with Gasteiger partial charge in [-0.1, -0.05) is 12.1 Å². The van der Waals surface area contributed by atoms with Gasteiger partial charge in [-0.3, -0.25) is 4.79 Å². The van der Waals surface area contributed by atoms with Crippen molar-refractivity contribution < 1.29 is 14.3 Å². The number of piperazine rings is 1. The average Bonchev–Trinajstić information content (AvgIpc) is 2.55. The van der Waals surface area contributed by atoms with Crippen LogP contribution in [-0.4, -0.2) is 73.5 Å². The van der Waals surface area contributed by atoms with E-state index in [1.165, 1.54) is 0 Å². The van der Waals surface area contributed by atoms with Gasteiger partial charge in [0, 0.05) is 40.3 Å². The lowest BCUT2D eigenvalue weighted by Gasteiger charge is -2.35. The molecule has 0 spiro atoms. The number of carbonyl (C=O) groups excluding carboxylic acids is 2. The molecule has 0 unspecified atom stereocenters. The average molecular weight is 319 g/mol. The summed E-state index contributed by atoms with van der Waals surface area (Å²) in [5, 5.41) is 0. The second-order valence-corrected chi connectivity index (χ2v) is 6.03. The van der Waals surface area contributed by atoms with Gasteiger partial charge < -0.3 is 19.4 Å². The fourth-order valence-corrected chi connectivity index (χ4v) is 2.54. The predicted octanol–water partition coefficient (Wildman–Crippen LogP) is 1.51. The number of amides is 3. The molecule has 1 fully saturated rings. The van der Waals surface area contributed by atoms with Crippen LogP contribution < -0.4 is 4.74 Å². The fraction of sp³-hybridized carbons (Fsp3) is 0.529. The Kier molecular flexibility index (Phi) is 5.47. The van der Waals surface area contributed by atoms with Gasteiger partial charge in [0.15, 0.2) is 6.61 Å². The summed E-state index contributed by atoms with van der Waals surface area (Å²) >= 11 is 0. The largest absolute Gasteiger partial charge is 0.483 e. The number of benzene rings is 1. The molecule has 1 aliphatic heterocycles. The second-order valence-electron chi connectivity index (χ2n) is 6.03. The third-order valence-electron chi connectivity index (χ3n) is 4.19. The van der Waals surface area contributed by atoms with E-state index < -0.39 is 0 Å². The standard InChI is InChI=1S/C17H25N3O3/c1-13-6-5-7-15(14(13)2)23-12-16(21)19-8-10-20(11-9-19)17(22)18(3)4/h5-7H,8-12H2,1-4H3. The molecule has 2 rings (SSSR count). The first kappa shape index (κ1) is 17.1. The highest BCUT2D eigenvalue weighted by Crippen LogP contribution is 2.20. The molecule has 1 heterocycles. The Morgan fingerprint density at radius 1 is 1.09 bits per heavy atom. The Morgan fingerprint density at radius 3 is 2.30 bits per heavy atom. The molecule has 1 aliphatic rings. The van der Waals surface area contributed by atoms with Gasteiger partial charge in [-0.05, 0) is 31.0 Å². The van der Waals surface area contributed by atoms with Gasteiger partial charge in [-0.25, -0.2) is 4.79 Å². The van der Waals surface area contributed by atoms with Crippen LogP contribution in [0.3, 0.4) is 0 Å². The molecule has 23 heavy (non-hydrogen) atoms. The predicted molar refractivity (Wildman–Crippen MR) is 88.6 cm³/mol. The van der Waals surface area contributed by atoms with Crippen LogP contribution in [-0.2, 0) is 4.79 Å². The van der Waals surface area contributed by atoms with Gasteiger partial charge in [0.05, 0.1) is 0 Å². The van der Waals surface area contributed by atoms with Gasteiger partial charge in [-0.15, -0.1) is 0 Å². The summed E-state index contributed by atoms with van der Waals surface area (Å²) in [4.78, 5) is 29.2. The number of hydrogen-bond donors (Lipinski definition) is 0. The molecule has 1 aromatic rings. The van der Waals surface area contributed by atoms with Crippen molar-refractivity contribution in [2.45, 2.75) is 13.8 Å². The fourth-order valence-electron chi connectivity index (χ4n) is 2.54. The second kappa shape index (κ2) is 7.35. The minimum absolute atomic E-state index is 0.0104. The van der Waals surface area contributed by atoms with E-state index in [-0.39, 0.29) is 18.5 Å². The van der Waals surface area contributed by atoms with Crippen LogP contribution in [0.1, 0.15) is 11.1 Å². The molecule has 0 bridgehead atoms. The molecule has 126 valence electrons. The number of aryl methyl sites for hydroxylation is 1. The van der Waals surface area contributed by atoms with Crippen LogP contribution in [0.4, 0.5) is 4.79 Å². The van der Waals surface area contributed by atoms with Crippen LogP contribution in [0.5, 0.6) is 5.75 Å². The molecule has 1 aromatic carbocycles. The monoisotopic (exact) mass is 319 g/mol. The van der Waals surface area contributed by atoms with Crippen LogP contribution in [0.25, 0.3) is 0 Å². The van der Waals surface area contributed by atoms with Crippen LogP contribution in [0.2, 0.25) is 0 Å². The first-order valence-electron chi connectivity index (χ1n) is 7.83. The van der Waals surface area contributed by atoms with E-state index in [9.17, 15) is 9.59 Å². The lowest BCUT2D eigenvalue weighted by atomic mass is 10.1. The number of urea groups is 1. The number of nitrogens with zero attached hydrogens (tertiary/aromatic N) is 3. The maximum Gasteiger partial charge on any atom is 0.319 e. The minimum Gasteiger partial charge on any atom is -0.483 e. The van der Waals surface area contributed by atoms with E-state index in [2.05, 4.69) is 0 Å². The molecule has 0 radical (unpaired) electrons. The first-order valence-corrected chi connectivity index (χ1v) is 7.83. The van der Waals surface area contributed by atoms with Gasteiger partial charge in [-0.2, -0.15) is 0 Å². The molecule has 1 saturated heterocycles. The highest BCUT2D eigenvalue weighted by Gasteiger charge is 2.25. The van der Waals surface area contributed by atoms with Gasteiger partial charge in [0.2, 0.25) is 0 Å². The molecule has 6 nitrogen and oxygen atoms in total. The third kappa shape index (κ3) is 4.15. The normalized spacial score (nSPS) is 14.6. The zero-order chi connectivity index (χ0) is 17.0. The van der Waals surface area contributed by atoms with E-state index in [1.54, 1.807) is 28.8 Å². The highest BCUT2D eigenvalue weighted by molar-refractivity contribution is 5.79. The smallest absolute Gasteiger partial charge is 0.319 e. The summed E-state index contributed by atoms with van der Waals surface area (Å²) in [5.74, 6) is 0.711. The minimum atomic E-state index is -0.0390. The van der Waals surface area contributed by atoms with E-state index in [0.29, 0.717) is 26.2 Å². The molecule has 6 heteroatoms. The summed E-state index contributed by atoms with van der Waals surface area (Å²) in [5.41, 5.74) is 2.20. The summed E-state index contributed by atoms with van der Waals surface area (Å²) in [7, 11) is 3.47. The molecule has 0 saturated carbocycles. The Hall–Kier alpha value is -2.24. The summed E-state index contributed by atoms with van der Waals surface area (Å²) in [6.45, 7) is 6.26. The Morgan fingerprint density at radius 2 is 1.70 bits per heavy atom.